The summed E-state index contributed by atoms with van der Waals surface area (Å²) in [4.78, 5) is 13.0. The Bertz CT molecular complexity index is 1130. The summed E-state index contributed by atoms with van der Waals surface area (Å²) in [6.45, 7) is 0.491. The van der Waals surface area contributed by atoms with Gasteiger partial charge in [0.1, 0.15) is 0 Å². The van der Waals surface area contributed by atoms with Gasteiger partial charge in [-0.1, -0.05) is 60.7 Å². The molecule has 32 heavy (non-hydrogen) atoms. The highest BCUT2D eigenvalue weighted by molar-refractivity contribution is 7.93. The van der Waals surface area contributed by atoms with E-state index in [9.17, 15) is 13.2 Å². The number of anilines is 1. The van der Waals surface area contributed by atoms with Gasteiger partial charge < -0.3 is 5.32 Å². The summed E-state index contributed by atoms with van der Waals surface area (Å²) >= 11 is 0. The van der Waals surface area contributed by atoms with Gasteiger partial charge in [-0.3, -0.25) is 9.10 Å². The molecule has 1 saturated heterocycles. The van der Waals surface area contributed by atoms with Crippen LogP contribution in [0.15, 0.2) is 84.9 Å². The van der Waals surface area contributed by atoms with E-state index in [-0.39, 0.29) is 17.7 Å². The third-order valence-corrected chi connectivity index (χ3v) is 7.69. The second kappa shape index (κ2) is 10.0. The number of carbonyl (C=O) groups is 1. The molecule has 1 heterocycles. The Morgan fingerprint density at radius 2 is 1.56 bits per heavy atom. The zero-order valence-electron chi connectivity index (χ0n) is 18.0. The predicted octanol–water partition coefficient (Wildman–Crippen LogP) is 4.72. The predicted molar refractivity (Wildman–Crippen MR) is 128 cm³/mol. The van der Waals surface area contributed by atoms with E-state index in [0.29, 0.717) is 24.2 Å². The van der Waals surface area contributed by atoms with Gasteiger partial charge in [0.2, 0.25) is 10.0 Å². The maximum Gasteiger partial charge on any atom is 0.251 e. The molecule has 0 bridgehead atoms. The fourth-order valence-corrected chi connectivity index (χ4v) is 5.68. The maximum atomic E-state index is 13.0. The minimum Gasteiger partial charge on any atom is -0.345 e. The molecule has 0 aliphatic carbocycles. The molecular formula is C26H28N2O3S. The Balaban J connectivity index is 1.43. The van der Waals surface area contributed by atoms with Crippen LogP contribution in [0.5, 0.6) is 0 Å². The number of amides is 1. The van der Waals surface area contributed by atoms with Crippen molar-refractivity contribution in [2.45, 2.75) is 31.7 Å². The molecule has 0 spiro atoms. The molecule has 3 aromatic rings. The first-order valence-electron chi connectivity index (χ1n) is 11.0. The largest absolute Gasteiger partial charge is 0.345 e. The van der Waals surface area contributed by atoms with Crippen molar-refractivity contribution < 1.29 is 13.2 Å². The molecule has 0 unspecified atom stereocenters. The number of carbonyl (C=O) groups excluding carboxylic acids is 1. The van der Waals surface area contributed by atoms with Crippen molar-refractivity contribution in [3.8, 4) is 0 Å². The molecule has 5 nitrogen and oxygen atoms in total. The summed E-state index contributed by atoms with van der Waals surface area (Å²) in [6.07, 6.45) is 3.37. The van der Waals surface area contributed by atoms with E-state index < -0.39 is 10.0 Å². The lowest BCUT2D eigenvalue weighted by Crippen LogP contribution is -2.29. The van der Waals surface area contributed by atoms with Gasteiger partial charge >= 0.3 is 0 Å². The quantitative estimate of drug-likeness (QED) is 0.542. The molecule has 166 valence electrons. The molecule has 1 fully saturated rings. The van der Waals surface area contributed by atoms with Crippen LogP contribution in [0.2, 0.25) is 0 Å². The topological polar surface area (TPSA) is 66.5 Å². The molecule has 0 saturated carbocycles. The lowest BCUT2D eigenvalue weighted by atomic mass is 9.98. The Kier molecular flexibility index (Phi) is 6.90. The summed E-state index contributed by atoms with van der Waals surface area (Å²) in [5, 5.41) is 3.17. The average Bonchev–Trinajstić information content (AvgIpc) is 3.18. The van der Waals surface area contributed by atoms with E-state index in [1.807, 2.05) is 48.5 Å². The fourth-order valence-electron chi connectivity index (χ4n) is 4.11. The Morgan fingerprint density at radius 1 is 0.906 bits per heavy atom. The Morgan fingerprint density at radius 3 is 2.19 bits per heavy atom. The van der Waals surface area contributed by atoms with Gasteiger partial charge in [-0.2, -0.15) is 0 Å². The normalized spacial score (nSPS) is 15.9. The van der Waals surface area contributed by atoms with Crippen molar-refractivity contribution in [3.05, 3.63) is 102 Å². The van der Waals surface area contributed by atoms with Crippen molar-refractivity contribution >= 4 is 21.6 Å². The van der Waals surface area contributed by atoms with Crippen molar-refractivity contribution in [1.82, 2.24) is 5.32 Å². The summed E-state index contributed by atoms with van der Waals surface area (Å²) < 4.78 is 25.7. The van der Waals surface area contributed by atoms with E-state index in [2.05, 4.69) is 17.4 Å². The first kappa shape index (κ1) is 22.1. The number of rotatable bonds is 8. The van der Waals surface area contributed by atoms with Crippen LogP contribution in [0.25, 0.3) is 0 Å². The van der Waals surface area contributed by atoms with Crippen LogP contribution in [0.3, 0.4) is 0 Å². The van der Waals surface area contributed by atoms with Gasteiger partial charge in [0.05, 0.1) is 17.5 Å². The summed E-state index contributed by atoms with van der Waals surface area (Å²) in [5.74, 6) is 0.0196. The smallest absolute Gasteiger partial charge is 0.251 e. The van der Waals surface area contributed by atoms with Crippen molar-refractivity contribution in [2.24, 2.45) is 0 Å². The van der Waals surface area contributed by atoms with Crippen LogP contribution >= 0.6 is 0 Å². The highest BCUT2D eigenvalue weighted by Gasteiger charge is 2.28. The van der Waals surface area contributed by atoms with E-state index in [0.717, 1.165) is 24.8 Å². The van der Waals surface area contributed by atoms with E-state index >= 15 is 0 Å². The molecule has 1 N–H and O–H groups in total. The summed E-state index contributed by atoms with van der Waals surface area (Å²) in [7, 11) is -3.23. The number of benzene rings is 3. The number of nitrogens with zero attached hydrogens (tertiary/aromatic N) is 1. The second-order valence-electron chi connectivity index (χ2n) is 8.10. The lowest BCUT2D eigenvalue weighted by molar-refractivity contribution is 0.0934. The molecule has 1 aliphatic heterocycles. The van der Waals surface area contributed by atoms with Gasteiger partial charge in [0.25, 0.3) is 5.91 Å². The number of nitrogens with one attached hydrogen (secondary N) is 1. The zero-order valence-corrected chi connectivity index (χ0v) is 18.8. The molecular weight excluding hydrogens is 420 g/mol. The number of hydrogen-bond donors (Lipinski definition) is 1. The van der Waals surface area contributed by atoms with Crippen molar-refractivity contribution in [3.63, 3.8) is 0 Å². The van der Waals surface area contributed by atoms with Crippen LogP contribution in [-0.2, 0) is 16.4 Å². The average molecular weight is 449 g/mol. The van der Waals surface area contributed by atoms with E-state index in [1.165, 1.54) is 9.87 Å². The van der Waals surface area contributed by atoms with Crippen LogP contribution in [0, 0.1) is 0 Å². The van der Waals surface area contributed by atoms with Crippen LogP contribution in [0.4, 0.5) is 5.69 Å². The summed E-state index contributed by atoms with van der Waals surface area (Å²) in [5.41, 5.74) is 3.50. The fraction of sp³-hybridized carbons (Fsp3) is 0.269. The summed E-state index contributed by atoms with van der Waals surface area (Å²) in [6, 6.07) is 27.1. The van der Waals surface area contributed by atoms with Crippen LogP contribution in [0.1, 0.15) is 46.8 Å². The molecule has 1 aliphatic rings. The standard InChI is InChI=1S/C26H28N2O3S/c29-26(23-15-17-24(18-16-23)28-19-8-20-32(28,30)31)27-25(22-12-5-2-6-13-22)14-7-11-21-9-3-1-4-10-21/h1-6,9-10,12-13,15-18,25H,7-8,11,14,19-20H2,(H,27,29)/t25-/m0/s1. The molecule has 0 radical (unpaired) electrons. The first-order chi connectivity index (χ1) is 15.5. The molecule has 0 aromatic heterocycles. The highest BCUT2D eigenvalue weighted by Crippen LogP contribution is 2.25. The van der Waals surface area contributed by atoms with Crippen LogP contribution < -0.4 is 9.62 Å². The minimum absolute atomic E-state index is 0.0916. The molecule has 1 atom stereocenters. The first-order valence-corrected chi connectivity index (χ1v) is 12.6. The lowest BCUT2D eigenvalue weighted by Gasteiger charge is -2.20. The van der Waals surface area contributed by atoms with E-state index in [1.54, 1.807) is 24.3 Å². The maximum absolute atomic E-state index is 13.0. The number of sulfonamides is 1. The minimum atomic E-state index is -3.23. The second-order valence-corrected chi connectivity index (χ2v) is 10.1. The number of aryl methyl sites for hydroxylation is 1. The molecule has 3 aromatic carbocycles. The van der Waals surface area contributed by atoms with Crippen LogP contribution in [-0.4, -0.2) is 26.6 Å². The van der Waals surface area contributed by atoms with Gasteiger partial charge in [-0.25, -0.2) is 8.42 Å². The van der Waals surface area contributed by atoms with Gasteiger partial charge in [0.15, 0.2) is 0 Å². The molecule has 1 amide bonds. The van der Waals surface area contributed by atoms with Gasteiger partial charge in [-0.15, -0.1) is 0 Å². The molecule has 6 heteroatoms. The van der Waals surface area contributed by atoms with Gasteiger partial charge in [-0.05, 0) is 61.1 Å². The Hall–Kier alpha value is -3.12. The van der Waals surface area contributed by atoms with Crippen molar-refractivity contribution in [1.29, 1.82) is 0 Å². The zero-order chi connectivity index (χ0) is 22.4. The third-order valence-electron chi connectivity index (χ3n) is 5.83. The Labute approximate surface area is 190 Å². The molecule has 4 rings (SSSR count). The van der Waals surface area contributed by atoms with E-state index in [4.69, 9.17) is 0 Å². The van der Waals surface area contributed by atoms with Gasteiger partial charge in [0, 0.05) is 12.1 Å². The highest BCUT2D eigenvalue weighted by atomic mass is 32.2. The SMILES string of the molecule is O=C(N[C@@H](CCCc1ccccc1)c1ccccc1)c1ccc(N2CCCS2(=O)=O)cc1. The third kappa shape index (κ3) is 5.37. The monoisotopic (exact) mass is 448 g/mol. The number of hydrogen-bond acceptors (Lipinski definition) is 3. The van der Waals surface area contributed by atoms with Crippen molar-refractivity contribution in [2.75, 3.05) is 16.6 Å².